The van der Waals surface area contributed by atoms with Gasteiger partial charge in [0.15, 0.2) is 6.10 Å². The van der Waals surface area contributed by atoms with Crippen LogP contribution < -0.4 is 16.2 Å². The molecule has 0 aliphatic carbocycles. The SMILES string of the molecule is Cc1ccc(NNC(=O)C(=O)N[C@H](Cc2ccc(-c3cccc(Cl)c3)cc2)C[C@@H](O)C(=O)O)cc1. The molecule has 2 amide bonds. The molecule has 2 atom stereocenters. The Morgan fingerprint density at radius 1 is 0.914 bits per heavy atom. The van der Waals surface area contributed by atoms with E-state index in [0.717, 1.165) is 22.3 Å². The van der Waals surface area contributed by atoms with Gasteiger partial charge < -0.3 is 15.5 Å². The van der Waals surface area contributed by atoms with Crippen LogP contribution in [-0.4, -0.2) is 40.1 Å². The van der Waals surface area contributed by atoms with E-state index in [-0.39, 0.29) is 12.8 Å². The molecule has 9 heteroatoms. The van der Waals surface area contributed by atoms with Crippen molar-refractivity contribution in [2.75, 3.05) is 5.43 Å². The molecule has 0 heterocycles. The number of carboxylic acid groups (broad SMARTS) is 1. The van der Waals surface area contributed by atoms with E-state index in [1.807, 2.05) is 61.5 Å². The van der Waals surface area contributed by atoms with E-state index in [4.69, 9.17) is 16.7 Å². The largest absolute Gasteiger partial charge is 0.479 e. The van der Waals surface area contributed by atoms with Crippen LogP contribution in [0.15, 0.2) is 72.8 Å². The number of hydrazine groups is 1. The normalized spacial score (nSPS) is 12.3. The predicted octanol–water partition coefficient (Wildman–Crippen LogP) is 3.32. The maximum Gasteiger partial charge on any atom is 0.332 e. The van der Waals surface area contributed by atoms with E-state index < -0.39 is 29.9 Å². The highest BCUT2D eigenvalue weighted by atomic mass is 35.5. The number of hydrogen-bond donors (Lipinski definition) is 5. The summed E-state index contributed by atoms with van der Waals surface area (Å²) in [6.45, 7) is 1.92. The highest BCUT2D eigenvalue weighted by Gasteiger charge is 2.24. The van der Waals surface area contributed by atoms with Gasteiger partial charge in [0.25, 0.3) is 0 Å². The van der Waals surface area contributed by atoms with Crippen molar-refractivity contribution < 1.29 is 24.6 Å². The lowest BCUT2D eigenvalue weighted by Crippen LogP contribution is -2.48. The average molecular weight is 496 g/mol. The van der Waals surface area contributed by atoms with Gasteiger partial charge in [0, 0.05) is 17.5 Å². The van der Waals surface area contributed by atoms with Gasteiger partial charge >= 0.3 is 17.8 Å². The van der Waals surface area contributed by atoms with Crippen molar-refractivity contribution in [2.45, 2.75) is 31.9 Å². The Morgan fingerprint density at radius 2 is 1.60 bits per heavy atom. The van der Waals surface area contributed by atoms with Crippen LogP contribution in [0.1, 0.15) is 17.5 Å². The number of aliphatic hydroxyl groups excluding tert-OH is 1. The Bertz CT molecular complexity index is 1180. The lowest BCUT2D eigenvalue weighted by atomic mass is 9.98. The van der Waals surface area contributed by atoms with E-state index in [1.165, 1.54) is 0 Å². The van der Waals surface area contributed by atoms with Gasteiger partial charge in [0.1, 0.15) is 0 Å². The first-order valence-corrected chi connectivity index (χ1v) is 11.3. The van der Waals surface area contributed by atoms with Crippen molar-refractivity contribution in [3.63, 3.8) is 0 Å². The molecule has 3 rings (SSSR count). The molecule has 0 radical (unpaired) electrons. The first-order chi connectivity index (χ1) is 16.7. The summed E-state index contributed by atoms with van der Waals surface area (Å²) in [5, 5.41) is 22.1. The number of carbonyl (C=O) groups excluding carboxylic acids is 2. The summed E-state index contributed by atoms with van der Waals surface area (Å²) < 4.78 is 0. The first kappa shape index (κ1) is 25.7. The number of anilines is 1. The molecule has 0 saturated carbocycles. The average Bonchev–Trinajstić information content (AvgIpc) is 2.83. The number of benzene rings is 3. The summed E-state index contributed by atoms with van der Waals surface area (Å²) >= 11 is 6.06. The number of amides is 2. The van der Waals surface area contributed by atoms with E-state index in [1.54, 1.807) is 18.2 Å². The number of halogens is 1. The molecule has 0 fully saturated rings. The third kappa shape index (κ3) is 7.84. The van der Waals surface area contributed by atoms with Gasteiger partial charge in [-0.05, 0) is 54.3 Å². The second-order valence-corrected chi connectivity index (χ2v) is 8.55. The fraction of sp³-hybridized carbons (Fsp3) is 0.192. The maximum absolute atomic E-state index is 12.4. The molecule has 182 valence electrons. The summed E-state index contributed by atoms with van der Waals surface area (Å²) in [5.74, 6) is -3.31. The molecular weight excluding hydrogens is 470 g/mol. The Labute approximate surface area is 207 Å². The summed E-state index contributed by atoms with van der Waals surface area (Å²) in [6, 6.07) is 21.2. The van der Waals surface area contributed by atoms with Gasteiger partial charge in [-0.25, -0.2) is 4.79 Å². The van der Waals surface area contributed by atoms with Gasteiger partial charge in [-0.15, -0.1) is 0 Å². The monoisotopic (exact) mass is 495 g/mol. The lowest BCUT2D eigenvalue weighted by Gasteiger charge is -2.20. The molecule has 0 spiro atoms. The molecule has 0 aromatic heterocycles. The number of aliphatic carboxylic acids is 1. The number of carbonyl (C=O) groups is 3. The fourth-order valence-corrected chi connectivity index (χ4v) is 3.61. The van der Waals surface area contributed by atoms with Crippen LogP contribution in [0.4, 0.5) is 5.69 Å². The van der Waals surface area contributed by atoms with Gasteiger partial charge in [-0.3, -0.25) is 20.4 Å². The van der Waals surface area contributed by atoms with Gasteiger partial charge in [-0.1, -0.05) is 65.7 Å². The van der Waals surface area contributed by atoms with Crippen molar-refractivity contribution in [3.8, 4) is 11.1 Å². The minimum Gasteiger partial charge on any atom is -0.479 e. The molecule has 8 nitrogen and oxygen atoms in total. The van der Waals surface area contributed by atoms with Crippen LogP contribution in [0.5, 0.6) is 0 Å². The minimum atomic E-state index is -1.69. The number of hydrogen-bond acceptors (Lipinski definition) is 5. The fourth-order valence-electron chi connectivity index (χ4n) is 3.42. The molecule has 3 aromatic rings. The van der Waals surface area contributed by atoms with Crippen LogP contribution in [0.25, 0.3) is 11.1 Å². The number of nitrogens with one attached hydrogen (secondary N) is 3. The van der Waals surface area contributed by atoms with Gasteiger partial charge in [0.05, 0.1) is 5.69 Å². The topological polar surface area (TPSA) is 128 Å². The molecule has 0 unspecified atom stereocenters. The second-order valence-electron chi connectivity index (χ2n) is 8.12. The van der Waals surface area contributed by atoms with Crippen molar-refractivity contribution in [3.05, 3.63) is 88.9 Å². The number of rotatable bonds is 9. The Kier molecular flexibility index (Phi) is 8.83. The van der Waals surface area contributed by atoms with E-state index in [0.29, 0.717) is 10.7 Å². The predicted molar refractivity (Wildman–Crippen MR) is 134 cm³/mol. The Balaban J connectivity index is 1.65. The smallest absolute Gasteiger partial charge is 0.332 e. The van der Waals surface area contributed by atoms with Gasteiger partial charge in [0.2, 0.25) is 0 Å². The molecule has 0 saturated heterocycles. The lowest BCUT2D eigenvalue weighted by molar-refractivity contribution is -0.147. The molecule has 0 aliphatic heterocycles. The van der Waals surface area contributed by atoms with E-state index in [9.17, 15) is 19.5 Å². The highest BCUT2D eigenvalue weighted by molar-refractivity contribution is 6.35. The van der Waals surface area contributed by atoms with Crippen LogP contribution >= 0.6 is 11.6 Å². The first-order valence-electron chi connectivity index (χ1n) is 10.9. The van der Waals surface area contributed by atoms with Crippen LogP contribution in [0, 0.1) is 6.92 Å². The molecule has 5 N–H and O–H groups in total. The van der Waals surface area contributed by atoms with Crippen molar-refractivity contribution in [1.82, 2.24) is 10.7 Å². The minimum absolute atomic E-state index is 0.213. The van der Waals surface area contributed by atoms with Crippen LogP contribution in [0.3, 0.4) is 0 Å². The van der Waals surface area contributed by atoms with Crippen LogP contribution in [0.2, 0.25) is 5.02 Å². The summed E-state index contributed by atoms with van der Waals surface area (Å²) in [4.78, 5) is 35.8. The van der Waals surface area contributed by atoms with Crippen LogP contribution in [-0.2, 0) is 20.8 Å². The standard InChI is InChI=1S/C26H26ClN3O5/c1-16-5-11-21(12-6-16)29-30-25(33)24(32)28-22(15-23(31)26(34)35)13-17-7-9-18(10-8-17)19-3-2-4-20(27)14-19/h2-12,14,22-23,29,31H,13,15H2,1H3,(H,28,32)(H,30,33)(H,34,35)/t22-,23-/m1/s1. The van der Waals surface area contributed by atoms with Gasteiger partial charge in [-0.2, -0.15) is 0 Å². The van der Waals surface area contributed by atoms with Crippen molar-refractivity contribution in [1.29, 1.82) is 0 Å². The number of aliphatic hydroxyl groups is 1. The summed E-state index contributed by atoms with van der Waals surface area (Å²) in [5.41, 5.74) is 9.24. The highest BCUT2D eigenvalue weighted by Crippen LogP contribution is 2.23. The number of carboxylic acids is 1. The maximum atomic E-state index is 12.4. The summed E-state index contributed by atoms with van der Waals surface area (Å²) in [6.07, 6.45) is -1.75. The van der Waals surface area contributed by atoms with E-state index >= 15 is 0 Å². The molecule has 0 aliphatic rings. The van der Waals surface area contributed by atoms with Crippen molar-refractivity contribution >= 4 is 35.1 Å². The van der Waals surface area contributed by atoms with E-state index in [2.05, 4.69) is 16.2 Å². The molecule has 0 bridgehead atoms. The molecule has 35 heavy (non-hydrogen) atoms. The molecular formula is C26H26ClN3O5. The zero-order valence-electron chi connectivity index (χ0n) is 19.0. The quantitative estimate of drug-likeness (QED) is 0.229. The number of aryl methyl sites for hydroxylation is 1. The summed E-state index contributed by atoms with van der Waals surface area (Å²) in [7, 11) is 0. The Hall–Kier alpha value is -3.88. The van der Waals surface area contributed by atoms with Crippen molar-refractivity contribution in [2.24, 2.45) is 0 Å². The zero-order valence-corrected chi connectivity index (χ0v) is 19.8. The zero-order chi connectivity index (χ0) is 25.4. The second kappa shape index (κ2) is 12.0. The third-order valence-electron chi connectivity index (χ3n) is 5.30. The third-order valence-corrected chi connectivity index (χ3v) is 5.54. The Morgan fingerprint density at radius 3 is 2.23 bits per heavy atom. The molecule has 3 aromatic carbocycles.